The van der Waals surface area contributed by atoms with Crippen LogP contribution in [0.4, 0.5) is 13.2 Å². The van der Waals surface area contributed by atoms with Crippen LogP contribution >= 0.6 is 15.9 Å². The normalized spacial score (nSPS) is 12.3. The minimum atomic E-state index is -4.40. The molecule has 2 rings (SSSR count). The van der Waals surface area contributed by atoms with Crippen LogP contribution in [0.15, 0.2) is 22.9 Å². The van der Waals surface area contributed by atoms with Gasteiger partial charge >= 0.3 is 6.18 Å². The van der Waals surface area contributed by atoms with E-state index in [9.17, 15) is 13.2 Å². The lowest BCUT2D eigenvalue weighted by atomic mass is 10.3. The summed E-state index contributed by atoms with van der Waals surface area (Å²) >= 11 is 3.19. The topological polar surface area (TPSA) is 28.7 Å². The van der Waals surface area contributed by atoms with E-state index in [2.05, 4.69) is 25.9 Å². The van der Waals surface area contributed by atoms with Crippen LogP contribution in [0.2, 0.25) is 0 Å². The van der Waals surface area contributed by atoms with Gasteiger partial charge in [-0.2, -0.15) is 13.2 Å². The van der Waals surface area contributed by atoms with Crippen LogP contribution < -0.4 is 0 Å². The molecule has 0 amide bonds. The third-order valence-corrected chi connectivity index (χ3v) is 2.46. The van der Waals surface area contributed by atoms with Gasteiger partial charge in [0, 0.05) is 22.3 Å². The van der Waals surface area contributed by atoms with Gasteiger partial charge in [-0.05, 0) is 22.0 Å². The van der Waals surface area contributed by atoms with Crippen molar-refractivity contribution in [2.45, 2.75) is 6.18 Å². The highest BCUT2D eigenvalue weighted by molar-refractivity contribution is 9.10. The highest BCUT2D eigenvalue weighted by atomic mass is 79.9. The maximum absolute atomic E-state index is 12.2. The smallest absolute Gasteiger partial charge is 0.360 e. The number of fused-ring (bicyclic) bond motifs is 1. The molecule has 0 atom stereocenters. The molecule has 14 heavy (non-hydrogen) atoms. The van der Waals surface area contributed by atoms with E-state index in [0.717, 1.165) is 6.07 Å². The summed E-state index contributed by atoms with van der Waals surface area (Å²) in [4.78, 5) is 6.05. The van der Waals surface area contributed by atoms with Crippen molar-refractivity contribution in [1.29, 1.82) is 0 Å². The molecule has 0 saturated carbocycles. The fourth-order valence-corrected chi connectivity index (χ4v) is 1.57. The molecule has 0 spiro atoms. The van der Waals surface area contributed by atoms with Crippen molar-refractivity contribution < 1.29 is 13.2 Å². The zero-order valence-electron chi connectivity index (χ0n) is 6.69. The first-order valence-corrected chi connectivity index (χ1v) is 4.47. The summed E-state index contributed by atoms with van der Waals surface area (Å²) < 4.78 is 37.4. The summed E-state index contributed by atoms with van der Waals surface area (Å²) in [5.74, 6) is 0. The Labute approximate surface area is 85.3 Å². The lowest BCUT2D eigenvalue weighted by Gasteiger charge is -2.04. The molecule has 2 heterocycles. The first kappa shape index (κ1) is 9.51. The van der Waals surface area contributed by atoms with Crippen molar-refractivity contribution in [3.05, 3.63) is 28.6 Å². The number of H-pyrrole nitrogens is 1. The average Bonchev–Trinajstić information content (AvgIpc) is 2.46. The number of rotatable bonds is 0. The molecule has 0 fully saturated rings. The largest absolute Gasteiger partial charge is 0.433 e. The van der Waals surface area contributed by atoms with Gasteiger partial charge in [-0.25, -0.2) is 0 Å². The molecular weight excluding hydrogens is 261 g/mol. The molecule has 74 valence electrons. The minimum absolute atomic E-state index is 0.416. The van der Waals surface area contributed by atoms with Gasteiger partial charge in [-0.1, -0.05) is 0 Å². The van der Waals surface area contributed by atoms with Gasteiger partial charge < -0.3 is 4.98 Å². The van der Waals surface area contributed by atoms with Crippen LogP contribution in [-0.4, -0.2) is 9.97 Å². The summed E-state index contributed by atoms with van der Waals surface area (Å²) in [6, 6.07) is 0.986. The Hall–Kier alpha value is -1.04. The average molecular weight is 265 g/mol. The number of halogens is 4. The summed E-state index contributed by atoms with van der Waals surface area (Å²) in [5.41, 5.74) is -0.474. The van der Waals surface area contributed by atoms with Crippen LogP contribution in [0.3, 0.4) is 0 Å². The lowest BCUT2D eigenvalue weighted by Crippen LogP contribution is -2.07. The fourth-order valence-electron chi connectivity index (χ4n) is 1.14. The molecule has 0 aromatic carbocycles. The van der Waals surface area contributed by atoms with Gasteiger partial charge in [-0.3, -0.25) is 4.98 Å². The minimum Gasteiger partial charge on any atom is -0.360 e. The molecule has 0 saturated heterocycles. The van der Waals surface area contributed by atoms with E-state index in [1.54, 1.807) is 6.20 Å². The van der Waals surface area contributed by atoms with Gasteiger partial charge in [0.25, 0.3) is 0 Å². The van der Waals surface area contributed by atoms with Crippen molar-refractivity contribution in [3.63, 3.8) is 0 Å². The molecule has 2 aromatic heterocycles. The van der Waals surface area contributed by atoms with Gasteiger partial charge in [0.1, 0.15) is 5.69 Å². The van der Waals surface area contributed by atoms with Crippen LogP contribution in [0.1, 0.15) is 5.69 Å². The summed E-state index contributed by atoms with van der Waals surface area (Å²) in [7, 11) is 0. The van der Waals surface area contributed by atoms with Crippen molar-refractivity contribution in [1.82, 2.24) is 9.97 Å². The zero-order valence-corrected chi connectivity index (χ0v) is 8.28. The van der Waals surface area contributed by atoms with Crippen LogP contribution in [0.25, 0.3) is 10.9 Å². The van der Waals surface area contributed by atoms with E-state index in [-0.39, 0.29) is 0 Å². The van der Waals surface area contributed by atoms with Gasteiger partial charge in [0.2, 0.25) is 0 Å². The quantitative estimate of drug-likeness (QED) is 0.777. The highest BCUT2D eigenvalue weighted by Crippen LogP contribution is 2.30. The molecule has 0 bridgehead atoms. The molecule has 2 nitrogen and oxygen atoms in total. The zero-order chi connectivity index (χ0) is 10.3. The number of hydrogen-bond acceptors (Lipinski definition) is 1. The molecule has 6 heteroatoms. The van der Waals surface area contributed by atoms with Crippen molar-refractivity contribution in [2.24, 2.45) is 0 Å². The third-order valence-electron chi connectivity index (χ3n) is 1.81. The Morgan fingerprint density at radius 1 is 1.36 bits per heavy atom. The molecule has 0 aliphatic carbocycles. The third kappa shape index (κ3) is 1.50. The number of nitrogens with one attached hydrogen (secondary N) is 1. The van der Waals surface area contributed by atoms with Gasteiger partial charge in [0.05, 0.1) is 5.52 Å². The number of aromatic amines is 1. The number of alkyl halides is 3. The van der Waals surface area contributed by atoms with Crippen LogP contribution in [-0.2, 0) is 6.18 Å². The molecule has 0 unspecified atom stereocenters. The highest BCUT2D eigenvalue weighted by Gasteiger charge is 2.32. The Kier molecular flexibility index (Phi) is 2.02. The first-order chi connectivity index (χ1) is 6.48. The second kappa shape index (κ2) is 2.98. The molecule has 0 radical (unpaired) electrons. The number of aromatic nitrogens is 2. The molecular formula is C8H4BrF3N2. The number of hydrogen-bond donors (Lipinski definition) is 1. The maximum atomic E-state index is 12.2. The number of pyridine rings is 1. The van der Waals surface area contributed by atoms with E-state index in [0.29, 0.717) is 15.4 Å². The van der Waals surface area contributed by atoms with Crippen LogP contribution in [0, 0.1) is 0 Å². The van der Waals surface area contributed by atoms with E-state index in [1.165, 1.54) is 6.20 Å². The second-order valence-electron chi connectivity index (χ2n) is 2.75. The summed E-state index contributed by atoms with van der Waals surface area (Å²) in [6.45, 7) is 0. The first-order valence-electron chi connectivity index (χ1n) is 3.68. The monoisotopic (exact) mass is 264 g/mol. The molecule has 0 aliphatic heterocycles. The fraction of sp³-hybridized carbons (Fsp3) is 0.125. The van der Waals surface area contributed by atoms with Crippen molar-refractivity contribution in [3.8, 4) is 0 Å². The Balaban J connectivity index is 2.63. The second-order valence-corrected chi connectivity index (χ2v) is 3.60. The Morgan fingerprint density at radius 3 is 2.71 bits per heavy atom. The Morgan fingerprint density at radius 2 is 2.07 bits per heavy atom. The van der Waals surface area contributed by atoms with Crippen LogP contribution in [0.5, 0.6) is 0 Å². The predicted octanol–water partition coefficient (Wildman–Crippen LogP) is 3.34. The van der Waals surface area contributed by atoms with Crippen molar-refractivity contribution >= 4 is 26.8 Å². The Bertz CT molecular complexity index is 475. The maximum Gasteiger partial charge on any atom is 0.433 e. The summed E-state index contributed by atoms with van der Waals surface area (Å²) in [6.07, 6.45) is -1.63. The van der Waals surface area contributed by atoms with E-state index < -0.39 is 11.9 Å². The van der Waals surface area contributed by atoms with E-state index >= 15 is 0 Å². The van der Waals surface area contributed by atoms with E-state index in [4.69, 9.17) is 0 Å². The number of nitrogens with zero attached hydrogens (tertiary/aromatic N) is 1. The predicted molar refractivity (Wildman–Crippen MR) is 48.8 cm³/mol. The molecule has 2 aromatic rings. The van der Waals surface area contributed by atoms with Crippen molar-refractivity contribution in [2.75, 3.05) is 0 Å². The van der Waals surface area contributed by atoms with E-state index in [1.807, 2.05) is 0 Å². The van der Waals surface area contributed by atoms with Gasteiger partial charge in [0.15, 0.2) is 0 Å². The SMILES string of the molecule is FC(F)(F)c1cc2[nH]cc(Br)c2cn1. The summed E-state index contributed by atoms with van der Waals surface area (Å²) in [5, 5.41) is 0.637. The lowest BCUT2D eigenvalue weighted by molar-refractivity contribution is -0.141. The molecule has 0 aliphatic rings. The standard InChI is InChI=1S/C8H4BrF3N2/c9-5-3-13-6-1-7(8(10,11)12)14-2-4(5)6/h1-3,13H. The van der Waals surface area contributed by atoms with Gasteiger partial charge in [-0.15, -0.1) is 0 Å². The molecule has 1 N–H and O–H groups in total.